The van der Waals surface area contributed by atoms with Crippen LogP contribution in [0.1, 0.15) is 121 Å². The number of hydrogen-bond acceptors (Lipinski definition) is 4. The Morgan fingerprint density at radius 1 is 0.923 bits per heavy atom. The van der Waals surface area contributed by atoms with Crippen LogP contribution < -0.4 is 4.74 Å². The van der Waals surface area contributed by atoms with Crippen LogP contribution in [-0.2, 0) is 16.0 Å². The van der Waals surface area contributed by atoms with Crippen molar-refractivity contribution >= 4 is 22.8 Å². The van der Waals surface area contributed by atoms with E-state index in [2.05, 4.69) is 27.7 Å². The molecule has 222 valence electrons. The maximum absolute atomic E-state index is 12.3. The third-order valence-corrected chi connectivity index (χ3v) is 9.46. The molecule has 0 saturated heterocycles. The molecule has 1 aromatic carbocycles. The smallest absolute Gasteiger partial charge is 0.307 e. The fraction of sp³-hybridized carbons (Fsp3) is 0.758. The first-order chi connectivity index (χ1) is 18.2. The van der Waals surface area contributed by atoms with Crippen LogP contribution in [0.2, 0.25) is 0 Å². The zero-order valence-electron chi connectivity index (χ0n) is 25.7. The van der Waals surface area contributed by atoms with Crippen molar-refractivity contribution in [3.63, 3.8) is 0 Å². The third kappa shape index (κ3) is 9.13. The Kier molecular flexibility index (Phi) is 12.7. The lowest BCUT2D eigenvalue weighted by Gasteiger charge is -2.46. The zero-order valence-corrected chi connectivity index (χ0v) is 26.4. The van der Waals surface area contributed by atoms with Crippen molar-refractivity contribution in [1.29, 1.82) is 0 Å². The highest BCUT2D eigenvalue weighted by Crippen LogP contribution is 2.49. The van der Waals surface area contributed by atoms with Gasteiger partial charge in [0.25, 0.3) is 0 Å². The Morgan fingerprint density at radius 3 is 1.97 bits per heavy atom. The normalized spacial score (nSPS) is 21.2. The highest BCUT2D eigenvalue weighted by Gasteiger charge is 2.48. The van der Waals surface area contributed by atoms with Gasteiger partial charge < -0.3 is 14.9 Å². The quantitative estimate of drug-likeness (QED) is 0.196. The second kappa shape index (κ2) is 14.8. The van der Waals surface area contributed by atoms with E-state index in [1.165, 1.54) is 38.5 Å². The summed E-state index contributed by atoms with van der Waals surface area (Å²) >= 11 is 5.71. The van der Waals surface area contributed by atoms with E-state index in [0.717, 1.165) is 47.1 Å². The van der Waals surface area contributed by atoms with Gasteiger partial charge in [-0.3, -0.25) is 9.59 Å². The van der Waals surface area contributed by atoms with Crippen molar-refractivity contribution in [2.45, 2.75) is 132 Å². The standard InChI is InChI=1S/C33H53ClO5/c1-20(2)12-9-13-21(3)14-10-15-22(4)16-11-17-33(8)28(27(32(37)38)19-29(34)35)18-26-25(7)30(36)23(5)24(6)31(26)39-33/h20-22,27-28,36H,9-19H2,1-8H3,(H,37,38)/t21-,22+,27?,28?,33-/m0/s1. The number of phenolic OH excluding ortho intramolecular Hbond substituents is 1. The number of fused-ring (bicyclic) bond motifs is 1. The summed E-state index contributed by atoms with van der Waals surface area (Å²) in [5.74, 6) is 0.702. The number of carbonyl (C=O) groups excluding carboxylic acids is 1. The molecular formula is C33H53ClO5. The number of benzene rings is 1. The van der Waals surface area contributed by atoms with E-state index in [1.807, 2.05) is 27.7 Å². The van der Waals surface area contributed by atoms with Crippen LogP contribution in [0.15, 0.2) is 0 Å². The molecule has 0 spiro atoms. The molecule has 39 heavy (non-hydrogen) atoms. The van der Waals surface area contributed by atoms with Crippen LogP contribution in [0, 0.1) is 50.4 Å². The monoisotopic (exact) mass is 564 g/mol. The summed E-state index contributed by atoms with van der Waals surface area (Å²) in [7, 11) is 0. The average molecular weight is 565 g/mol. The molecule has 1 aromatic rings. The van der Waals surface area contributed by atoms with Crippen molar-refractivity contribution in [3.8, 4) is 11.5 Å². The lowest BCUT2D eigenvalue weighted by atomic mass is 9.69. The van der Waals surface area contributed by atoms with Gasteiger partial charge in [0.05, 0.1) is 5.92 Å². The lowest BCUT2D eigenvalue weighted by molar-refractivity contribution is -0.150. The van der Waals surface area contributed by atoms with Crippen LogP contribution >= 0.6 is 11.6 Å². The Balaban J connectivity index is 2.11. The molecule has 5 nitrogen and oxygen atoms in total. The molecule has 0 fully saturated rings. The fourth-order valence-corrected chi connectivity index (χ4v) is 6.62. The maximum atomic E-state index is 12.3. The molecule has 0 bridgehead atoms. The Hall–Kier alpha value is -1.75. The van der Waals surface area contributed by atoms with Crippen LogP contribution in [0.4, 0.5) is 0 Å². The first-order valence-electron chi connectivity index (χ1n) is 15.1. The predicted octanol–water partition coefficient (Wildman–Crippen LogP) is 8.92. The van der Waals surface area contributed by atoms with Crippen molar-refractivity contribution in [3.05, 3.63) is 22.3 Å². The molecule has 0 amide bonds. The molecular weight excluding hydrogens is 512 g/mol. The molecule has 0 aromatic heterocycles. The molecule has 6 heteroatoms. The summed E-state index contributed by atoms with van der Waals surface area (Å²) in [5.41, 5.74) is 2.46. The second-order valence-electron chi connectivity index (χ2n) is 13.1. The molecule has 0 saturated carbocycles. The Morgan fingerprint density at radius 2 is 1.46 bits per heavy atom. The van der Waals surface area contributed by atoms with E-state index in [-0.39, 0.29) is 12.2 Å². The van der Waals surface area contributed by atoms with E-state index in [9.17, 15) is 19.8 Å². The number of phenols is 1. The summed E-state index contributed by atoms with van der Waals surface area (Å²) in [6.45, 7) is 16.9. The van der Waals surface area contributed by atoms with Crippen LogP contribution in [-0.4, -0.2) is 27.0 Å². The number of halogens is 1. The van der Waals surface area contributed by atoms with Crippen molar-refractivity contribution < 1.29 is 24.5 Å². The van der Waals surface area contributed by atoms with E-state index in [0.29, 0.717) is 24.3 Å². The minimum atomic E-state index is -1.03. The molecule has 5 atom stereocenters. The van der Waals surface area contributed by atoms with Gasteiger partial charge >= 0.3 is 5.97 Å². The number of carboxylic acids is 1. The summed E-state index contributed by atoms with van der Waals surface area (Å²) in [6.07, 6.45) is 10.5. The number of hydrogen-bond donors (Lipinski definition) is 2. The van der Waals surface area contributed by atoms with E-state index >= 15 is 0 Å². The topological polar surface area (TPSA) is 83.8 Å². The van der Waals surface area contributed by atoms with Crippen LogP contribution in [0.25, 0.3) is 0 Å². The van der Waals surface area contributed by atoms with Gasteiger partial charge in [-0.05, 0) is 93.0 Å². The van der Waals surface area contributed by atoms with E-state index in [1.54, 1.807) is 0 Å². The highest BCUT2D eigenvalue weighted by molar-refractivity contribution is 6.63. The minimum Gasteiger partial charge on any atom is -0.507 e. The largest absolute Gasteiger partial charge is 0.507 e. The molecule has 0 aliphatic carbocycles. The first kappa shape index (κ1) is 33.5. The highest BCUT2D eigenvalue weighted by atomic mass is 35.5. The molecule has 2 unspecified atom stereocenters. The van der Waals surface area contributed by atoms with Gasteiger partial charge in [0.15, 0.2) is 0 Å². The summed E-state index contributed by atoms with van der Waals surface area (Å²) in [5, 5.41) is 20.1. The van der Waals surface area contributed by atoms with Crippen LogP contribution in [0.3, 0.4) is 0 Å². The lowest BCUT2D eigenvalue weighted by Crippen LogP contribution is -2.50. The summed E-state index contributed by atoms with van der Waals surface area (Å²) in [4.78, 5) is 24.2. The van der Waals surface area contributed by atoms with Crippen molar-refractivity contribution in [2.24, 2.45) is 29.6 Å². The first-order valence-corrected chi connectivity index (χ1v) is 15.5. The van der Waals surface area contributed by atoms with Gasteiger partial charge in [0, 0.05) is 17.9 Å². The van der Waals surface area contributed by atoms with Crippen molar-refractivity contribution in [1.82, 2.24) is 0 Å². The van der Waals surface area contributed by atoms with Gasteiger partial charge in [-0.2, -0.15) is 0 Å². The second-order valence-corrected chi connectivity index (χ2v) is 13.5. The zero-order chi connectivity index (χ0) is 29.5. The van der Waals surface area contributed by atoms with Crippen molar-refractivity contribution in [2.75, 3.05) is 0 Å². The third-order valence-electron chi connectivity index (χ3n) is 9.31. The number of rotatable bonds is 16. The van der Waals surface area contributed by atoms with Gasteiger partial charge in [-0.25, -0.2) is 0 Å². The summed E-state index contributed by atoms with van der Waals surface area (Å²) < 4.78 is 6.71. The Bertz CT molecular complexity index is 987. The molecule has 2 N–H and O–H groups in total. The molecule has 1 aliphatic rings. The predicted molar refractivity (Wildman–Crippen MR) is 160 cm³/mol. The van der Waals surface area contributed by atoms with Gasteiger partial charge in [0.2, 0.25) is 5.24 Å². The van der Waals surface area contributed by atoms with E-state index < -0.39 is 28.6 Å². The fourth-order valence-electron chi connectivity index (χ4n) is 6.46. The minimum absolute atomic E-state index is 0.223. The number of carboxylic acid groups (broad SMARTS) is 1. The Labute approximate surface area is 242 Å². The number of ether oxygens (including phenoxy) is 1. The number of aromatic hydroxyl groups is 1. The summed E-state index contributed by atoms with van der Waals surface area (Å²) in [6, 6.07) is 0. The van der Waals surface area contributed by atoms with Gasteiger partial charge in [-0.1, -0.05) is 72.6 Å². The number of carbonyl (C=O) groups is 2. The van der Waals surface area contributed by atoms with E-state index in [4.69, 9.17) is 16.3 Å². The molecule has 2 rings (SSSR count). The average Bonchev–Trinajstić information content (AvgIpc) is 2.84. The maximum Gasteiger partial charge on any atom is 0.307 e. The molecule has 0 radical (unpaired) electrons. The molecule has 1 aliphatic heterocycles. The van der Waals surface area contributed by atoms with Gasteiger partial charge in [-0.15, -0.1) is 0 Å². The van der Waals surface area contributed by atoms with Gasteiger partial charge in [0.1, 0.15) is 17.1 Å². The van der Waals surface area contributed by atoms with Crippen LogP contribution in [0.5, 0.6) is 11.5 Å². The SMILES string of the molecule is Cc1c(C)c2c(c(C)c1O)CC(C(CC(=O)Cl)C(=O)O)[C@](C)(CCC[C@H](C)CCC[C@@H](C)CCCC(C)C)O2. The number of aliphatic carboxylic acids is 1. The molecule has 1 heterocycles.